The zero-order chi connectivity index (χ0) is 19.0. The summed E-state index contributed by atoms with van der Waals surface area (Å²) in [7, 11) is 0. The van der Waals surface area contributed by atoms with Gasteiger partial charge < -0.3 is 4.74 Å². The van der Waals surface area contributed by atoms with Crippen LogP contribution in [0.2, 0.25) is 0 Å². The van der Waals surface area contributed by atoms with Gasteiger partial charge in [-0.15, -0.1) is 0 Å². The molecular weight excluding hydrogens is 330 g/mol. The fraction of sp³-hybridized carbons (Fsp3) is 0.480. The molecule has 0 radical (unpaired) electrons. The Morgan fingerprint density at radius 1 is 0.667 bits per heavy atom. The van der Waals surface area contributed by atoms with Crippen LogP contribution in [0, 0.1) is 0 Å². The number of hydrogen-bond donors (Lipinski definition) is 0. The molecule has 0 bridgehead atoms. The molecule has 0 saturated heterocycles. The third-order valence-electron chi connectivity index (χ3n) is 4.82. The van der Waals surface area contributed by atoms with Crippen LogP contribution < -0.4 is 4.74 Å². The van der Waals surface area contributed by atoms with Crippen LogP contribution in [-0.2, 0) is 0 Å². The van der Waals surface area contributed by atoms with Gasteiger partial charge >= 0.3 is 0 Å². The van der Waals surface area contributed by atoms with E-state index in [1.54, 1.807) is 0 Å². The average Bonchev–Trinajstić information content (AvgIpc) is 2.72. The standard InChI is InChI=1S/C25H35NO/c1-2-3-4-5-6-7-8-9-10-11-22-27-25-16-14-23(15-17-25)12-13-24-18-20-26-21-19-24/h12-21H,2-11,22H2,1H3. The van der Waals surface area contributed by atoms with Gasteiger partial charge in [-0.25, -0.2) is 0 Å². The van der Waals surface area contributed by atoms with Crippen molar-refractivity contribution < 1.29 is 4.74 Å². The van der Waals surface area contributed by atoms with Gasteiger partial charge in [0.15, 0.2) is 0 Å². The highest BCUT2D eigenvalue weighted by Gasteiger charge is 1.96. The highest BCUT2D eigenvalue weighted by Crippen LogP contribution is 2.16. The zero-order valence-electron chi connectivity index (χ0n) is 16.9. The van der Waals surface area contributed by atoms with Gasteiger partial charge in [0.05, 0.1) is 6.61 Å². The number of aromatic nitrogens is 1. The van der Waals surface area contributed by atoms with E-state index >= 15 is 0 Å². The van der Waals surface area contributed by atoms with E-state index in [1.807, 2.05) is 24.5 Å². The van der Waals surface area contributed by atoms with Crippen molar-refractivity contribution in [1.29, 1.82) is 0 Å². The summed E-state index contributed by atoms with van der Waals surface area (Å²) in [6.07, 6.45) is 21.4. The van der Waals surface area contributed by atoms with Crippen LogP contribution >= 0.6 is 0 Å². The average molecular weight is 366 g/mol. The Morgan fingerprint density at radius 2 is 1.19 bits per heavy atom. The molecule has 0 aliphatic carbocycles. The van der Waals surface area contributed by atoms with Crippen LogP contribution in [0.1, 0.15) is 82.3 Å². The summed E-state index contributed by atoms with van der Waals surface area (Å²) in [6, 6.07) is 12.3. The first-order valence-electron chi connectivity index (χ1n) is 10.7. The molecule has 27 heavy (non-hydrogen) atoms. The second-order valence-electron chi connectivity index (χ2n) is 7.21. The molecule has 0 aliphatic heterocycles. The first-order valence-corrected chi connectivity index (χ1v) is 10.7. The lowest BCUT2D eigenvalue weighted by Crippen LogP contribution is -1.97. The predicted octanol–water partition coefficient (Wildman–Crippen LogP) is 7.55. The Hall–Kier alpha value is -2.09. The van der Waals surface area contributed by atoms with Crippen LogP contribution in [0.4, 0.5) is 0 Å². The Morgan fingerprint density at radius 3 is 1.78 bits per heavy atom. The maximum atomic E-state index is 5.86. The molecule has 0 spiro atoms. The molecule has 0 amide bonds. The van der Waals surface area contributed by atoms with Crippen molar-refractivity contribution in [3.8, 4) is 5.75 Å². The quantitative estimate of drug-likeness (QED) is 0.322. The second kappa shape index (κ2) is 14.0. The van der Waals surface area contributed by atoms with Crippen molar-refractivity contribution in [2.24, 2.45) is 0 Å². The minimum absolute atomic E-state index is 0.822. The van der Waals surface area contributed by atoms with Gasteiger partial charge in [0.1, 0.15) is 5.75 Å². The number of pyridine rings is 1. The molecule has 0 N–H and O–H groups in total. The summed E-state index contributed by atoms with van der Waals surface area (Å²) < 4.78 is 5.86. The van der Waals surface area contributed by atoms with Crippen molar-refractivity contribution in [2.75, 3.05) is 6.61 Å². The molecule has 1 aromatic carbocycles. The number of hydrogen-bond acceptors (Lipinski definition) is 2. The second-order valence-corrected chi connectivity index (χ2v) is 7.21. The topological polar surface area (TPSA) is 22.1 Å². The van der Waals surface area contributed by atoms with E-state index in [2.05, 4.69) is 48.3 Å². The van der Waals surface area contributed by atoms with Crippen LogP contribution in [0.5, 0.6) is 5.75 Å². The molecule has 2 nitrogen and oxygen atoms in total. The van der Waals surface area contributed by atoms with Crippen LogP contribution in [0.3, 0.4) is 0 Å². The lowest BCUT2D eigenvalue weighted by Gasteiger charge is -2.06. The predicted molar refractivity (Wildman–Crippen MR) is 117 cm³/mol. The van der Waals surface area contributed by atoms with Gasteiger partial charge in [0.25, 0.3) is 0 Å². The lowest BCUT2D eigenvalue weighted by molar-refractivity contribution is 0.304. The minimum atomic E-state index is 0.822. The zero-order valence-corrected chi connectivity index (χ0v) is 16.9. The van der Waals surface area contributed by atoms with E-state index in [1.165, 1.54) is 63.4 Å². The fourth-order valence-corrected chi connectivity index (χ4v) is 3.12. The number of benzene rings is 1. The summed E-state index contributed by atoms with van der Waals surface area (Å²) in [5, 5.41) is 0. The third kappa shape index (κ3) is 9.98. The normalized spacial score (nSPS) is 11.1. The Labute approximate surface area is 165 Å². The first-order chi connectivity index (χ1) is 13.4. The maximum Gasteiger partial charge on any atom is 0.119 e. The van der Waals surface area contributed by atoms with Gasteiger partial charge in [-0.05, 0) is 41.8 Å². The maximum absolute atomic E-state index is 5.86. The van der Waals surface area contributed by atoms with E-state index in [-0.39, 0.29) is 0 Å². The third-order valence-corrected chi connectivity index (χ3v) is 4.82. The molecule has 2 rings (SSSR count). The lowest BCUT2D eigenvalue weighted by atomic mass is 10.1. The van der Waals surface area contributed by atoms with Gasteiger partial charge in [-0.1, -0.05) is 89.0 Å². The molecule has 2 aromatic rings. The molecule has 0 aliphatic rings. The van der Waals surface area contributed by atoms with Crippen LogP contribution in [0.15, 0.2) is 48.8 Å². The summed E-state index contributed by atoms with van der Waals surface area (Å²) in [5.74, 6) is 0.965. The molecule has 1 aromatic heterocycles. The summed E-state index contributed by atoms with van der Waals surface area (Å²) in [6.45, 7) is 3.10. The van der Waals surface area contributed by atoms with E-state index in [4.69, 9.17) is 4.74 Å². The van der Waals surface area contributed by atoms with Crippen molar-refractivity contribution in [3.63, 3.8) is 0 Å². The van der Waals surface area contributed by atoms with E-state index < -0.39 is 0 Å². The Bertz CT molecular complexity index is 619. The first kappa shape index (κ1) is 21.2. The minimum Gasteiger partial charge on any atom is -0.494 e. The number of ether oxygens (including phenoxy) is 1. The molecular formula is C25H35NO. The molecule has 0 saturated carbocycles. The van der Waals surface area contributed by atoms with Gasteiger partial charge in [-0.3, -0.25) is 4.98 Å². The van der Waals surface area contributed by atoms with Crippen LogP contribution in [0.25, 0.3) is 12.2 Å². The molecule has 0 fully saturated rings. The van der Waals surface area contributed by atoms with Crippen molar-refractivity contribution in [3.05, 3.63) is 59.9 Å². The summed E-state index contributed by atoms with van der Waals surface area (Å²) in [4.78, 5) is 4.03. The number of unbranched alkanes of at least 4 members (excludes halogenated alkanes) is 9. The van der Waals surface area contributed by atoms with Crippen molar-refractivity contribution in [1.82, 2.24) is 4.98 Å². The highest BCUT2D eigenvalue weighted by atomic mass is 16.5. The van der Waals surface area contributed by atoms with Gasteiger partial charge in [0, 0.05) is 12.4 Å². The van der Waals surface area contributed by atoms with Gasteiger partial charge in [0.2, 0.25) is 0 Å². The highest BCUT2D eigenvalue weighted by molar-refractivity contribution is 5.69. The summed E-state index contributed by atoms with van der Waals surface area (Å²) >= 11 is 0. The molecule has 146 valence electrons. The van der Waals surface area contributed by atoms with Crippen molar-refractivity contribution >= 4 is 12.2 Å². The smallest absolute Gasteiger partial charge is 0.119 e. The molecule has 0 unspecified atom stereocenters. The van der Waals surface area contributed by atoms with E-state index in [0.29, 0.717) is 0 Å². The van der Waals surface area contributed by atoms with Crippen molar-refractivity contribution in [2.45, 2.75) is 71.1 Å². The fourth-order valence-electron chi connectivity index (χ4n) is 3.12. The monoisotopic (exact) mass is 365 g/mol. The van der Waals surface area contributed by atoms with Gasteiger partial charge in [-0.2, -0.15) is 0 Å². The van der Waals surface area contributed by atoms with E-state index in [0.717, 1.165) is 24.3 Å². The Balaban J connectivity index is 1.52. The molecule has 0 atom stereocenters. The largest absolute Gasteiger partial charge is 0.494 e. The molecule has 2 heteroatoms. The Kier molecular flexibility index (Phi) is 11.0. The van der Waals surface area contributed by atoms with Crippen LogP contribution in [-0.4, -0.2) is 11.6 Å². The number of nitrogens with zero attached hydrogens (tertiary/aromatic N) is 1. The summed E-state index contributed by atoms with van der Waals surface area (Å²) in [5.41, 5.74) is 2.34. The van der Waals surface area contributed by atoms with E-state index in [9.17, 15) is 0 Å². The number of rotatable bonds is 14. The SMILES string of the molecule is CCCCCCCCCCCCOc1ccc(C=Cc2ccncc2)cc1. The molecule has 1 heterocycles.